The maximum atomic E-state index is 14.9. The Morgan fingerprint density at radius 3 is 2.54 bits per heavy atom. The molecule has 1 saturated heterocycles. The maximum Gasteiger partial charge on any atom is 0.334 e. The molecule has 5 atom stereocenters. The molecule has 1 aliphatic heterocycles. The van der Waals surface area contributed by atoms with E-state index in [4.69, 9.17) is 14.2 Å². The number of halogens is 2. The molecule has 1 aromatic carbocycles. The van der Waals surface area contributed by atoms with E-state index >= 15 is 0 Å². The average molecular weight is 549 g/mol. The van der Waals surface area contributed by atoms with Crippen molar-refractivity contribution in [1.29, 1.82) is 0 Å². The van der Waals surface area contributed by atoms with Gasteiger partial charge < -0.3 is 18.9 Å². The average Bonchev–Trinajstić information content (AvgIpc) is 3.24. The first-order chi connectivity index (χ1) is 18.7. The van der Waals surface area contributed by atoms with E-state index in [9.17, 15) is 23.2 Å². The quantitative estimate of drug-likeness (QED) is 0.136. The molecule has 1 heterocycles. The number of hydrogen-bond donors (Lipinski definition) is 0. The smallest absolute Gasteiger partial charge is 0.334 e. The molecule has 0 aromatic heterocycles. The highest BCUT2D eigenvalue weighted by Gasteiger charge is 2.46. The Morgan fingerprint density at radius 1 is 1.10 bits per heavy atom. The van der Waals surface area contributed by atoms with Crippen LogP contribution in [0.3, 0.4) is 0 Å². The number of unbranched alkanes of at least 4 members (excludes halogenated alkanes) is 1. The van der Waals surface area contributed by atoms with Gasteiger partial charge in [-0.25, -0.2) is 0 Å². The normalized spacial score (nSPS) is 25.7. The fourth-order valence-corrected chi connectivity index (χ4v) is 5.10. The van der Waals surface area contributed by atoms with Gasteiger partial charge in [0, 0.05) is 43.8 Å². The Labute approximate surface area is 228 Å². The van der Waals surface area contributed by atoms with Gasteiger partial charge in [0.2, 0.25) is 5.78 Å². The topological polar surface area (TPSA) is 88.1 Å². The Kier molecular flexibility index (Phi) is 11.8. The lowest BCUT2D eigenvalue weighted by molar-refractivity contribution is -0.193. The van der Waals surface area contributed by atoms with Crippen LogP contribution >= 0.6 is 0 Å². The maximum absolute atomic E-state index is 14.9. The summed E-state index contributed by atoms with van der Waals surface area (Å²) in [5, 5.41) is 0. The Bertz CT molecular complexity index is 1000. The van der Waals surface area contributed by atoms with Crippen molar-refractivity contribution in [3.63, 3.8) is 0 Å². The number of carbonyl (C=O) groups excluding carboxylic acids is 3. The summed E-state index contributed by atoms with van der Waals surface area (Å²) in [6.07, 6.45) is 9.84. The van der Waals surface area contributed by atoms with E-state index in [1.165, 1.54) is 44.4 Å². The van der Waals surface area contributed by atoms with E-state index in [1.807, 2.05) is 12.2 Å². The summed E-state index contributed by atoms with van der Waals surface area (Å²) >= 11 is 0. The van der Waals surface area contributed by atoms with Gasteiger partial charge in [0.1, 0.15) is 6.10 Å². The lowest BCUT2D eigenvalue weighted by Gasteiger charge is -2.29. The van der Waals surface area contributed by atoms with Gasteiger partial charge in [0.25, 0.3) is 0 Å². The second kappa shape index (κ2) is 15.0. The van der Waals surface area contributed by atoms with Crippen molar-refractivity contribution in [3.8, 4) is 0 Å². The first-order valence-electron chi connectivity index (χ1n) is 13.5. The van der Waals surface area contributed by atoms with Gasteiger partial charge in [-0.15, -0.1) is 0 Å². The summed E-state index contributed by atoms with van der Waals surface area (Å²) in [7, 11) is 1.35. The van der Waals surface area contributed by atoms with Crippen molar-refractivity contribution < 1.29 is 42.1 Å². The van der Waals surface area contributed by atoms with Gasteiger partial charge in [-0.1, -0.05) is 48.6 Å². The molecule has 214 valence electrons. The molecule has 0 radical (unpaired) electrons. The Morgan fingerprint density at radius 2 is 1.87 bits per heavy atom. The number of ketones is 1. The molecular weight excluding hydrogens is 510 g/mol. The molecule has 1 saturated carbocycles. The third kappa shape index (κ3) is 9.07. The number of esters is 2. The molecule has 9 heteroatoms. The number of benzene rings is 1. The lowest BCUT2D eigenvalue weighted by Crippen LogP contribution is -2.31. The highest BCUT2D eigenvalue weighted by molar-refractivity contribution is 5.96. The van der Waals surface area contributed by atoms with Crippen molar-refractivity contribution in [1.82, 2.24) is 0 Å². The predicted octanol–water partition coefficient (Wildman–Crippen LogP) is 5.67. The van der Waals surface area contributed by atoms with Gasteiger partial charge in [-0.05, 0) is 44.6 Å². The van der Waals surface area contributed by atoms with E-state index in [2.05, 4.69) is 4.74 Å². The van der Waals surface area contributed by atoms with Crippen LogP contribution in [-0.4, -0.2) is 49.9 Å². The summed E-state index contributed by atoms with van der Waals surface area (Å²) in [5.41, 5.74) is -0.376. The van der Waals surface area contributed by atoms with Crippen molar-refractivity contribution in [3.05, 3.63) is 60.2 Å². The zero-order valence-electron chi connectivity index (χ0n) is 22.6. The fourth-order valence-electron chi connectivity index (χ4n) is 5.10. The summed E-state index contributed by atoms with van der Waals surface area (Å²) < 4.78 is 52.0. The van der Waals surface area contributed by atoms with Crippen molar-refractivity contribution in [2.75, 3.05) is 13.7 Å². The van der Waals surface area contributed by atoms with Crippen molar-refractivity contribution >= 4 is 17.7 Å². The minimum Gasteiger partial charge on any atom is -0.469 e. The fraction of sp³-hybridized carbons (Fsp3) is 0.567. The molecule has 0 bridgehead atoms. The van der Waals surface area contributed by atoms with E-state index in [-0.39, 0.29) is 17.5 Å². The zero-order valence-corrected chi connectivity index (χ0v) is 22.6. The zero-order chi connectivity index (χ0) is 28.3. The lowest BCUT2D eigenvalue weighted by atomic mass is 9.89. The van der Waals surface area contributed by atoms with Crippen LogP contribution in [0.1, 0.15) is 63.9 Å². The molecule has 0 spiro atoms. The first kappa shape index (κ1) is 30.6. The van der Waals surface area contributed by atoms with Crippen LogP contribution in [0.15, 0.2) is 54.6 Å². The Hall–Kier alpha value is -2.91. The van der Waals surface area contributed by atoms with Crippen LogP contribution in [0, 0.1) is 11.8 Å². The first-order valence-corrected chi connectivity index (χ1v) is 13.5. The monoisotopic (exact) mass is 548 g/mol. The van der Waals surface area contributed by atoms with Crippen LogP contribution in [-0.2, 0) is 39.3 Å². The molecule has 2 aliphatic rings. The van der Waals surface area contributed by atoms with Gasteiger partial charge >= 0.3 is 17.9 Å². The number of allylic oxidation sites excluding steroid dienone is 3. The van der Waals surface area contributed by atoms with E-state index in [0.29, 0.717) is 45.1 Å². The molecule has 0 amide bonds. The molecule has 7 nitrogen and oxygen atoms in total. The number of rotatable bonds is 13. The minimum absolute atomic E-state index is 0.277. The molecule has 2 fully saturated rings. The van der Waals surface area contributed by atoms with Crippen LogP contribution in [0.5, 0.6) is 0 Å². The third-order valence-electron chi connectivity index (χ3n) is 7.12. The number of hydrogen-bond acceptors (Lipinski definition) is 7. The highest BCUT2D eigenvalue weighted by Crippen LogP contribution is 2.41. The number of alkyl halides is 2. The Balaban J connectivity index is 1.79. The second-order valence-electron chi connectivity index (χ2n) is 9.93. The largest absolute Gasteiger partial charge is 0.469 e. The molecule has 39 heavy (non-hydrogen) atoms. The summed E-state index contributed by atoms with van der Waals surface area (Å²) in [4.78, 5) is 35.9. The summed E-state index contributed by atoms with van der Waals surface area (Å²) in [5.74, 6) is -6.49. The molecule has 0 N–H and O–H groups in total. The van der Waals surface area contributed by atoms with E-state index in [1.54, 1.807) is 6.07 Å². The summed E-state index contributed by atoms with van der Waals surface area (Å²) in [6.45, 7) is 1.90. The van der Waals surface area contributed by atoms with Gasteiger partial charge in [0.15, 0.2) is 6.29 Å². The van der Waals surface area contributed by atoms with E-state index < -0.39 is 42.1 Å². The molecule has 1 unspecified atom stereocenters. The number of carbonyl (C=O) groups is 3. The van der Waals surface area contributed by atoms with Gasteiger partial charge in [0.05, 0.1) is 13.2 Å². The minimum atomic E-state index is -3.68. The van der Waals surface area contributed by atoms with Crippen LogP contribution in [0.25, 0.3) is 0 Å². The van der Waals surface area contributed by atoms with Crippen LogP contribution in [0.4, 0.5) is 8.78 Å². The van der Waals surface area contributed by atoms with Crippen molar-refractivity contribution in [2.45, 2.75) is 82.7 Å². The van der Waals surface area contributed by atoms with Gasteiger partial charge in [-0.3, -0.25) is 14.4 Å². The standard InChI is InChI=1S/C30H38F2O7/c1-21(33)38-25-20-26(39-29-16-10-11-19-37-29)24(23(25)14-8-3-4-9-15-28(35)36-2)17-18-27(34)30(31,32)22-12-6-5-7-13-22/h3,5-8,12-13,17-18,23-26,29H,4,9-11,14-16,19-20H2,1-2H3/b8-3-,18-17+/t23-,24-,25+,26-,29?/m1/s1. The van der Waals surface area contributed by atoms with Gasteiger partial charge in [-0.2, -0.15) is 8.78 Å². The molecule has 1 aromatic rings. The predicted molar refractivity (Wildman–Crippen MR) is 140 cm³/mol. The molecule has 1 aliphatic carbocycles. The third-order valence-corrected chi connectivity index (χ3v) is 7.12. The van der Waals surface area contributed by atoms with Crippen LogP contribution in [0.2, 0.25) is 0 Å². The van der Waals surface area contributed by atoms with Crippen molar-refractivity contribution in [2.24, 2.45) is 11.8 Å². The number of ether oxygens (including phenoxy) is 4. The SMILES string of the molecule is COC(=O)CCC/C=C\C[C@@H]1[C@@H](/C=C/C(=O)C(F)(F)c2ccccc2)[C@H](OC2CCCCO2)C[C@@H]1OC(C)=O. The summed E-state index contributed by atoms with van der Waals surface area (Å²) in [6, 6.07) is 6.97. The van der Waals surface area contributed by atoms with E-state index in [0.717, 1.165) is 18.9 Å². The molecular formula is C30H38F2O7. The van der Waals surface area contributed by atoms with Crippen LogP contribution < -0.4 is 0 Å². The molecule has 3 rings (SSSR count). The second-order valence-corrected chi connectivity index (χ2v) is 9.93. The number of methoxy groups -OCH3 is 1. The highest BCUT2D eigenvalue weighted by atomic mass is 19.3.